The van der Waals surface area contributed by atoms with Crippen molar-refractivity contribution in [2.75, 3.05) is 18.0 Å². The van der Waals surface area contributed by atoms with Crippen molar-refractivity contribution in [1.29, 1.82) is 0 Å². The number of rotatable bonds is 2. The molecule has 6 heteroatoms. The van der Waals surface area contributed by atoms with Crippen LogP contribution < -0.4 is 4.90 Å². The summed E-state index contributed by atoms with van der Waals surface area (Å²) in [6.07, 6.45) is 0. The first-order chi connectivity index (χ1) is 7.39. The third kappa shape index (κ3) is 1.83. The van der Waals surface area contributed by atoms with Gasteiger partial charge in [0.25, 0.3) is 0 Å². The molecule has 0 spiro atoms. The predicted octanol–water partition coefficient (Wildman–Crippen LogP) is 0.869. The van der Waals surface area contributed by atoms with Gasteiger partial charge in [0, 0.05) is 24.8 Å². The lowest BCUT2D eigenvalue weighted by Crippen LogP contribution is -2.60. The predicted molar refractivity (Wildman–Crippen MR) is 58.5 cm³/mol. The van der Waals surface area contributed by atoms with Crippen molar-refractivity contribution in [3.63, 3.8) is 0 Å². The SMILES string of the molecule is Cc1ccc([N+](=O)[O-])c(N2CC(C)(O)C2)n1. The van der Waals surface area contributed by atoms with Crippen LogP contribution in [-0.4, -0.2) is 33.7 Å². The third-order valence-electron chi connectivity index (χ3n) is 2.55. The molecular formula is C10H13N3O3. The maximum absolute atomic E-state index is 10.8. The molecule has 6 nitrogen and oxygen atoms in total. The first-order valence-electron chi connectivity index (χ1n) is 4.98. The molecule has 16 heavy (non-hydrogen) atoms. The second-order valence-corrected chi connectivity index (χ2v) is 4.41. The zero-order chi connectivity index (χ0) is 11.9. The summed E-state index contributed by atoms with van der Waals surface area (Å²) in [4.78, 5) is 16.2. The minimum absolute atomic E-state index is 0.0129. The van der Waals surface area contributed by atoms with Gasteiger partial charge in [-0.2, -0.15) is 0 Å². The topological polar surface area (TPSA) is 79.5 Å². The highest BCUT2D eigenvalue weighted by Crippen LogP contribution is 2.32. The van der Waals surface area contributed by atoms with Crippen LogP contribution in [0.2, 0.25) is 0 Å². The van der Waals surface area contributed by atoms with E-state index in [0.29, 0.717) is 18.9 Å². The minimum Gasteiger partial charge on any atom is -0.386 e. The number of aliphatic hydroxyl groups is 1. The standard InChI is InChI=1S/C10H13N3O3/c1-7-3-4-8(13(15)16)9(11-7)12-5-10(2,14)6-12/h3-4,14H,5-6H2,1-2H3. The number of hydrogen-bond donors (Lipinski definition) is 1. The fraction of sp³-hybridized carbons (Fsp3) is 0.500. The van der Waals surface area contributed by atoms with E-state index in [4.69, 9.17) is 0 Å². The molecular weight excluding hydrogens is 210 g/mol. The second kappa shape index (κ2) is 3.41. The van der Waals surface area contributed by atoms with Gasteiger partial charge in [0.1, 0.15) is 0 Å². The van der Waals surface area contributed by atoms with E-state index in [1.165, 1.54) is 6.07 Å². The van der Waals surface area contributed by atoms with Crippen LogP contribution in [0, 0.1) is 17.0 Å². The van der Waals surface area contributed by atoms with E-state index in [1.807, 2.05) is 0 Å². The molecule has 1 aliphatic heterocycles. The molecule has 0 amide bonds. The van der Waals surface area contributed by atoms with Crippen LogP contribution in [0.3, 0.4) is 0 Å². The summed E-state index contributed by atoms with van der Waals surface area (Å²) in [5, 5.41) is 20.4. The molecule has 0 bridgehead atoms. The van der Waals surface area contributed by atoms with Gasteiger partial charge in [-0.05, 0) is 19.9 Å². The van der Waals surface area contributed by atoms with Gasteiger partial charge in [-0.25, -0.2) is 4.98 Å². The molecule has 1 saturated heterocycles. The first-order valence-corrected chi connectivity index (χ1v) is 4.98. The number of aryl methyl sites for hydroxylation is 1. The highest BCUT2D eigenvalue weighted by atomic mass is 16.6. The molecule has 1 N–H and O–H groups in total. The van der Waals surface area contributed by atoms with Crippen LogP contribution in [0.5, 0.6) is 0 Å². The normalized spacial score (nSPS) is 18.1. The van der Waals surface area contributed by atoms with E-state index in [1.54, 1.807) is 24.8 Å². The number of anilines is 1. The molecule has 1 aromatic rings. The zero-order valence-corrected chi connectivity index (χ0v) is 9.17. The lowest BCUT2D eigenvalue weighted by atomic mass is 9.97. The molecule has 1 aliphatic rings. The van der Waals surface area contributed by atoms with Gasteiger partial charge in [-0.15, -0.1) is 0 Å². The molecule has 1 aromatic heterocycles. The fourth-order valence-corrected chi connectivity index (χ4v) is 1.84. The Morgan fingerprint density at radius 3 is 2.69 bits per heavy atom. The number of nitrogens with zero attached hydrogens (tertiary/aromatic N) is 3. The van der Waals surface area contributed by atoms with Crippen LogP contribution in [0.25, 0.3) is 0 Å². The Hall–Kier alpha value is -1.69. The summed E-state index contributed by atoms with van der Waals surface area (Å²) in [5.41, 5.74) is -0.0486. The summed E-state index contributed by atoms with van der Waals surface area (Å²) in [6.45, 7) is 4.24. The van der Waals surface area contributed by atoms with E-state index in [0.717, 1.165) is 5.69 Å². The zero-order valence-electron chi connectivity index (χ0n) is 9.17. The van der Waals surface area contributed by atoms with E-state index in [9.17, 15) is 15.2 Å². The van der Waals surface area contributed by atoms with Crippen molar-refractivity contribution in [2.24, 2.45) is 0 Å². The van der Waals surface area contributed by atoms with Crippen LogP contribution in [-0.2, 0) is 0 Å². The molecule has 0 aliphatic carbocycles. The van der Waals surface area contributed by atoms with Crippen molar-refractivity contribution < 1.29 is 10.0 Å². The fourth-order valence-electron chi connectivity index (χ4n) is 1.84. The van der Waals surface area contributed by atoms with Crippen molar-refractivity contribution >= 4 is 11.5 Å². The van der Waals surface area contributed by atoms with Crippen LogP contribution in [0.4, 0.5) is 11.5 Å². The highest BCUT2D eigenvalue weighted by molar-refractivity contribution is 5.60. The molecule has 2 rings (SSSR count). The molecule has 86 valence electrons. The Morgan fingerprint density at radius 2 is 2.19 bits per heavy atom. The van der Waals surface area contributed by atoms with Crippen molar-refractivity contribution in [2.45, 2.75) is 19.4 Å². The number of β-amino-alcohol motifs (C(OH)–C–C–N with tert-alkyl or cyclic N) is 1. The van der Waals surface area contributed by atoms with Crippen molar-refractivity contribution in [1.82, 2.24) is 4.98 Å². The van der Waals surface area contributed by atoms with E-state index < -0.39 is 10.5 Å². The van der Waals surface area contributed by atoms with Crippen molar-refractivity contribution in [3.05, 3.63) is 27.9 Å². The van der Waals surface area contributed by atoms with E-state index >= 15 is 0 Å². The van der Waals surface area contributed by atoms with Gasteiger partial charge in [0.05, 0.1) is 10.5 Å². The highest BCUT2D eigenvalue weighted by Gasteiger charge is 2.40. The number of nitro groups is 1. The maximum Gasteiger partial charge on any atom is 0.311 e. The van der Waals surface area contributed by atoms with Crippen LogP contribution >= 0.6 is 0 Å². The Kier molecular flexibility index (Phi) is 2.31. The minimum atomic E-state index is -0.765. The average Bonchev–Trinajstić information content (AvgIpc) is 2.13. The van der Waals surface area contributed by atoms with Crippen molar-refractivity contribution in [3.8, 4) is 0 Å². The summed E-state index contributed by atoms with van der Waals surface area (Å²) < 4.78 is 0. The molecule has 1 fully saturated rings. The van der Waals surface area contributed by atoms with Gasteiger partial charge in [-0.3, -0.25) is 10.1 Å². The van der Waals surface area contributed by atoms with Crippen LogP contribution in [0.1, 0.15) is 12.6 Å². The number of pyridine rings is 1. The smallest absolute Gasteiger partial charge is 0.311 e. The second-order valence-electron chi connectivity index (χ2n) is 4.41. The third-order valence-corrected chi connectivity index (χ3v) is 2.55. The maximum atomic E-state index is 10.8. The molecule has 0 unspecified atom stereocenters. The molecule has 0 aromatic carbocycles. The molecule has 0 atom stereocenters. The molecule has 0 radical (unpaired) electrons. The van der Waals surface area contributed by atoms with E-state index in [2.05, 4.69) is 4.98 Å². The lowest BCUT2D eigenvalue weighted by Gasteiger charge is -2.44. The summed E-state index contributed by atoms with van der Waals surface area (Å²) in [7, 11) is 0. The molecule has 2 heterocycles. The summed E-state index contributed by atoms with van der Waals surface area (Å²) >= 11 is 0. The first kappa shape index (κ1) is 10.8. The Labute approximate surface area is 92.7 Å². The quantitative estimate of drug-likeness (QED) is 0.594. The molecule has 0 saturated carbocycles. The van der Waals surface area contributed by atoms with Gasteiger partial charge >= 0.3 is 5.69 Å². The summed E-state index contributed by atoms with van der Waals surface area (Å²) in [5.74, 6) is 0.344. The monoisotopic (exact) mass is 223 g/mol. The van der Waals surface area contributed by atoms with Gasteiger partial charge in [-0.1, -0.05) is 0 Å². The Bertz CT molecular complexity index is 437. The number of aromatic nitrogens is 1. The Morgan fingerprint density at radius 1 is 1.56 bits per heavy atom. The lowest BCUT2D eigenvalue weighted by molar-refractivity contribution is -0.384. The van der Waals surface area contributed by atoms with Gasteiger partial charge in [0.2, 0.25) is 5.82 Å². The average molecular weight is 223 g/mol. The van der Waals surface area contributed by atoms with Gasteiger partial charge in [0.15, 0.2) is 0 Å². The van der Waals surface area contributed by atoms with E-state index in [-0.39, 0.29) is 5.69 Å². The Balaban J connectivity index is 2.33. The largest absolute Gasteiger partial charge is 0.386 e. The summed E-state index contributed by atoms with van der Waals surface area (Å²) in [6, 6.07) is 3.06. The number of hydrogen-bond acceptors (Lipinski definition) is 5. The van der Waals surface area contributed by atoms with Crippen LogP contribution in [0.15, 0.2) is 12.1 Å². The van der Waals surface area contributed by atoms with Gasteiger partial charge < -0.3 is 10.0 Å².